The van der Waals surface area contributed by atoms with Crippen molar-refractivity contribution in [3.05, 3.63) is 59.8 Å². The molecule has 1 aliphatic rings. The number of nitrogens with zero attached hydrogens (tertiary/aromatic N) is 4. The van der Waals surface area contributed by atoms with E-state index in [1.165, 1.54) is 4.90 Å². The van der Waals surface area contributed by atoms with Crippen molar-refractivity contribution in [2.24, 2.45) is 0 Å². The Morgan fingerprint density at radius 3 is 2.16 bits per heavy atom. The Hall–Kier alpha value is -3.52. The Morgan fingerprint density at radius 1 is 0.969 bits per heavy atom. The van der Waals surface area contributed by atoms with Gasteiger partial charge in [-0.2, -0.15) is 0 Å². The smallest absolute Gasteiger partial charge is 0.407 e. The average Bonchev–Trinajstić information content (AvgIpc) is 3.23. The number of amides is 2. The molecular formula is C23H23ClN4O4. The van der Waals surface area contributed by atoms with E-state index >= 15 is 0 Å². The van der Waals surface area contributed by atoms with Gasteiger partial charge in [0, 0.05) is 48.5 Å². The third kappa shape index (κ3) is 4.70. The number of rotatable bonds is 5. The predicted octanol–water partition coefficient (Wildman–Crippen LogP) is 3.70. The van der Waals surface area contributed by atoms with Crippen LogP contribution in [0.4, 0.5) is 4.79 Å². The zero-order valence-corrected chi connectivity index (χ0v) is 18.3. The summed E-state index contributed by atoms with van der Waals surface area (Å²) in [7, 11) is 1.61. The summed E-state index contributed by atoms with van der Waals surface area (Å²) >= 11 is 6.02. The van der Waals surface area contributed by atoms with E-state index in [2.05, 4.69) is 0 Å². The van der Waals surface area contributed by atoms with E-state index in [-0.39, 0.29) is 12.5 Å². The fraction of sp³-hybridized carbons (Fsp3) is 0.261. The quantitative estimate of drug-likeness (QED) is 0.635. The van der Waals surface area contributed by atoms with Crippen molar-refractivity contribution in [2.75, 3.05) is 33.3 Å². The van der Waals surface area contributed by atoms with Crippen LogP contribution in [-0.4, -0.2) is 69.7 Å². The first-order chi connectivity index (χ1) is 15.4. The second-order valence-electron chi connectivity index (χ2n) is 7.46. The van der Waals surface area contributed by atoms with Crippen LogP contribution in [0.15, 0.2) is 54.7 Å². The van der Waals surface area contributed by atoms with Crippen LogP contribution >= 0.6 is 11.6 Å². The van der Waals surface area contributed by atoms with Gasteiger partial charge in [0.05, 0.1) is 12.8 Å². The number of piperazine rings is 1. The molecule has 4 rings (SSSR count). The molecule has 8 nitrogen and oxygen atoms in total. The Bertz CT molecular complexity index is 1100. The van der Waals surface area contributed by atoms with Gasteiger partial charge in [-0.05, 0) is 36.4 Å². The monoisotopic (exact) mass is 454 g/mol. The molecule has 0 bridgehead atoms. The van der Waals surface area contributed by atoms with E-state index < -0.39 is 6.09 Å². The van der Waals surface area contributed by atoms with Crippen molar-refractivity contribution in [2.45, 2.75) is 6.54 Å². The lowest BCUT2D eigenvalue weighted by molar-refractivity contribution is -0.133. The minimum absolute atomic E-state index is 0.0788. The molecule has 9 heteroatoms. The van der Waals surface area contributed by atoms with Crippen molar-refractivity contribution in [3.63, 3.8) is 0 Å². The van der Waals surface area contributed by atoms with Crippen LogP contribution in [0.2, 0.25) is 5.02 Å². The highest BCUT2D eigenvalue weighted by Gasteiger charge is 2.24. The second kappa shape index (κ2) is 9.32. The van der Waals surface area contributed by atoms with Crippen LogP contribution in [0.3, 0.4) is 0 Å². The summed E-state index contributed by atoms with van der Waals surface area (Å²) in [4.78, 5) is 31.9. The standard InChI is InChI=1S/C23H23ClN4O4/c1-32-19-8-4-17(5-9-19)22-25-20(16-2-6-18(24)7-3-16)14-28(22)15-21(29)26-10-12-27(13-11-26)23(30)31/h2-9,14H,10-13,15H2,1H3,(H,30,31). The number of hydrogen-bond acceptors (Lipinski definition) is 4. The molecule has 0 unspecified atom stereocenters. The lowest BCUT2D eigenvalue weighted by Crippen LogP contribution is -2.50. The number of imidazole rings is 1. The highest BCUT2D eigenvalue weighted by Crippen LogP contribution is 2.27. The number of carboxylic acid groups (broad SMARTS) is 1. The topological polar surface area (TPSA) is 87.9 Å². The summed E-state index contributed by atoms with van der Waals surface area (Å²) < 4.78 is 7.08. The fourth-order valence-corrected chi connectivity index (χ4v) is 3.79. The molecule has 1 aliphatic heterocycles. The minimum Gasteiger partial charge on any atom is -0.497 e. The van der Waals surface area contributed by atoms with Crippen LogP contribution in [0.1, 0.15) is 0 Å². The summed E-state index contributed by atoms with van der Waals surface area (Å²) in [6, 6.07) is 14.9. The van der Waals surface area contributed by atoms with Gasteiger partial charge in [-0.15, -0.1) is 0 Å². The molecule has 3 aromatic rings. The van der Waals surface area contributed by atoms with Crippen molar-refractivity contribution in [1.82, 2.24) is 19.4 Å². The van der Waals surface area contributed by atoms with Gasteiger partial charge in [-0.3, -0.25) is 4.79 Å². The summed E-state index contributed by atoms with van der Waals surface area (Å²) in [6.07, 6.45) is 0.898. The van der Waals surface area contributed by atoms with E-state index in [4.69, 9.17) is 26.4 Å². The van der Waals surface area contributed by atoms with Crippen molar-refractivity contribution >= 4 is 23.6 Å². The highest BCUT2D eigenvalue weighted by atomic mass is 35.5. The van der Waals surface area contributed by atoms with E-state index in [0.717, 1.165) is 22.6 Å². The summed E-state index contributed by atoms with van der Waals surface area (Å²) in [5, 5.41) is 9.76. The van der Waals surface area contributed by atoms with Gasteiger partial charge in [0.25, 0.3) is 0 Å². The number of aromatic nitrogens is 2. The molecule has 1 saturated heterocycles. The Labute approximate surface area is 190 Å². The van der Waals surface area contributed by atoms with Gasteiger partial charge in [-0.1, -0.05) is 23.7 Å². The van der Waals surface area contributed by atoms with Gasteiger partial charge < -0.3 is 24.2 Å². The van der Waals surface area contributed by atoms with Crippen molar-refractivity contribution in [3.8, 4) is 28.4 Å². The molecule has 166 valence electrons. The summed E-state index contributed by atoms with van der Waals surface area (Å²) in [6.45, 7) is 1.48. The highest BCUT2D eigenvalue weighted by molar-refractivity contribution is 6.30. The molecule has 0 spiro atoms. The molecule has 2 amide bonds. The third-order valence-electron chi connectivity index (χ3n) is 5.47. The molecule has 0 radical (unpaired) electrons. The zero-order chi connectivity index (χ0) is 22.7. The molecule has 0 saturated carbocycles. The Balaban J connectivity index is 1.61. The van der Waals surface area contributed by atoms with Gasteiger partial charge in [0.15, 0.2) is 0 Å². The maximum Gasteiger partial charge on any atom is 0.407 e. The van der Waals surface area contributed by atoms with Gasteiger partial charge in [0.2, 0.25) is 5.91 Å². The lowest BCUT2D eigenvalue weighted by atomic mass is 10.2. The molecule has 32 heavy (non-hydrogen) atoms. The lowest BCUT2D eigenvalue weighted by Gasteiger charge is -2.33. The average molecular weight is 455 g/mol. The van der Waals surface area contributed by atoms with Gasteiger partial charge >= 0.3 is 6.09 Å². The Morgan fingerprint density at radius 2 is 1.56 bits per heavy atom. The number of ether oxygens (including phenoxy) is 1. The first-order valence-corrected chi connectivity index (χ1v) is 10.6. The maximum atomic E-state index is 13.0. The molecule has 2 heterocycles. The van der Waals surface area contributed by atoms with Crippen LogP contribution in [0.25, 0.3) is 22.6 Å². The van der Waals surface area contributed by atoms with E-state index in [1.54, 1.807) is 24.1 Å². The van der Waals surface area contributed by atoms with Crippen LogP contribution < -0.4 is 4.74 Å². The Kier molecular flexibility index (Phi) is 6.32. The largest absolute Gasteiger partial charge is 0.497 e. The predicted molar refractivity (Wildman–Crippen MR) is 121 cm³/mol. The molecule has 2 aromatic carbocycles. The molecule has 0 aliphatic carbocycles. The van der Waals surface area contributed by atoms with Gasteiger partial charge in [0.1, 0.15) is 18.1 Å². The fourth-order valence-electron chi connectivity index (χ4n) is 3.66. The first kappa shape index (κ1) is 21.7. The number of hydrogen-bond donors (Lipinski definition) is 1. The molecule has 1 N–H and O–H groups in total. The summed E-state index contributed by atoms with van der Waals surface area (Å²) in [5.74, 6) is 1.32. The number of methoxy groups -OCH3 is 1. The van der Waals surface area contributed by atoms with E-state index in [9.17, 15) is 9.59 Å². The number of halogens is 1. The molecular weight excluding hydrogens is 432 g/mol. The van der Waals surface area contributed by atoms with Crippen molar-refractivity contribution in [1.29, 1.82) is 0 Å². The number of carbonyl (C=O) groups is 2. The van der Waals surface area contributed by atoms with E-state index in [1.807, 2.05) is 47.2 Å². The van der Waals surface area contributed by atoms with Crippen LogP contribution in [0, 0.1) is 0 Å². The minimum atomic E-state index is -0.957. The molecule has 1 aromatic heterocycles. The van der Waals surface area contributed by atoms with Crippen molar-refractivity contribution < 1.29 is 19.4 Å². The van der Waals surface area contributed by atoms with Crippen LogP contribution in [-0.2, 0) is 11.3 Å². The van der Waals surface area contributed by atoms with E-state index in [0.29, 0.717) is 37.0 Å². The zero-order valence-electron chi connectivity index (χ0n) is 17.6. The third-order valence-corrected chi connectivity index (χ3v) is 5.73. The normalized spacial score (nSPS) is 13.8. The number of benzene rings is 2. The first-order valence-electron chi connectivity index (χ1n) is 10.2. The second-order valence-corrected chi connectivity index (χ2v) is 7.90. The molecule has 1 fully saturated rings. The van der Waals surface area contributed by atoms with Crippen LogP contribution in [0.5, 0.6) is 5.75 Å². The molecule has 0 atom stereocenters. The summed E-state index contributed by atoms with van der Waals surface area (Å²) in [5.41, 5.74) is 2.48. The SMILES string of the molecule is COc1ccc(-c2nc(-c3ccc(Cl)cc3)cn2CC(=O)N2CCN(C(=O)O)CC2)cc1. The van der Waals surface area contributed by atoms with Gasteiger partial charge in [-0.25, -0.2) is 9.78 Å². The maximum absolute atomic E-state index is 13.0. The number of carbonyl (C=O) groups excluding carboxylic acids is 1.